The fourth-order valence-electron chi connectivity index (χ4n) is 6.18. The maximum absolute atomic E-state index is 2.42. The molecule has 8 aromatic carbocycles. The van der Waals surface area contributed by atoms with E-state index in [1.807, 2.05) is 0 Å². The fourth-order valence-corrected chi connectivity index (χ4v) is 6.18. The number of hydrogen-bond donors (Lipinski definition) is 0. The Bertz CT molecular complexity index is 2000. The van der Waals surface area contributed by atoms with Crippen LogP contribution < -0.4 is 0 Å². The van der Waals surface area contributed by atoms with Gasteiger partial charge in [-0.05, 0) is 113 Å². The van der Waals surface area contributed by atoms with Crippen LogP contribution in [0.2, 0.25) is 0 Å². The van der Waals surface area contributed by atoms with E-state index in [0.29, 0.717) is 0 Å². The molecule has 176 valence electrons. The number of hydrogen-bond acceptors (Lipinski definition) is 0. The summed E-state index contributed by atoms with van der Waals surface area (Å²) in [4.78, 5) is 0. The van der Waals surface area contributed by atoms with E-state index >= 15 is 0 Å². The Morgan fingerprint density at radius 3 is 0.895 bits per heavy atom. The second kappa shape index (κ2) is 8.30. The topological polar surface area (TPSA) is 0 Å². The molecule has 0 atom stereocenters. The van der Waals surface area contributed by atoms with Crippen LogP contribution in [-0.4, -0.2) is 0 Å². The molecule has 0 heterocycles. The van der Waals surface area contributed by atoms with E-state index in [1.54, 1.807) is 0 Å². The zero-order valence-corrected chi connectivity index (χ0v) is 20.9. The zero-order chi connectivity index (χ0) is 25.1. The van der Waals surface area contributed by atoms with Gasteiger partial charge in [0.05, 0.1) is 0 Å². The lowest BCUT2D eigenvalue weighted by Crippen LogP contribution is -1.92. The second-order valence-electron chi connectivity index (χ2n) is 10.2. The van der Waals surface area contributed by atoms with Crippen LogP contribution in [0.5, 0.6) is 0 Å². The summed E-state index contributed by atoms with van der Waals surface area (Å²) in [6.45, 7) is 0. The van der Waals surface area contributed by atoms with E-state index in [9.17, 15) is 0 Å². The average Bonchev–Trinajstić information content (AvgIpc) is 2.98. The summed E-state index contributed by atoms with van der Waals surface area (Å²) in [5.74, 6) is 0. The Morgan fingerprint density at radius 1 is 0.237 bits per heavy atom. The highest BCUT2D eigenvalue weighted by atomic mass is 14.2. The molecule has 0 amide bonds. The summed E-state index contributed by atoms with van der Waals surface area (Å²) in [7, 11) is 0. The normalized spacial score (nSPS) is 11.7. The van der Waals surface area contributed by atoms with Crippen LogP contribution in [0.4, 0.5) is 0 Å². The molecular formula is C38H24. The minimum atomic E-state index is 1.25. The van der Waals surface area contributed by atoms with Crippen molar-refractivity contribution in [1.29, 1.82) is 0 Å². The minimum absolute atomic E-state index is 1.25. The van der Waals surface area contributed by atoms with Crippen LogP contribution in [0.15, 0.2) is 146 Å². The van der Waals surface area contributed by atoms with Crippen molar-refractivity contribution in [3.05, 3.63) is 146 Å². The van der Waals surface area contributed by atoms with Gasteiger partial charge >= 0.3 is 0 Å². The van der Waals surface area contributed by atoms with Crippen molar-refractivity contribution in [1.82, 2.24) is 0 Å². The molecule has 0 heteroatoms. The molecule has 8 aromatic rings. The molecule has 8 rings (SSSR count). The molecule has 0 radical (unpaired) electrons. The second-order valence-corrected chi connectivity index (χ2v) is 10.2. The Morgan fingerprint density at radius 2 is 0.526 bits per heavy atom. The van der Waals surface area contributed by atoms with Gasteiger partial charge in [-0.2, -0.15) is 0 Å². The number of benzene rings is 8. The SMILES string of the molecule is c1ccc(-c2c3cc4ccccc4cc3c(-c3ccccc3)c3cc4cc5ccccc5cc4cc23)cc1. The Balaban J connectivity index is 1.65. The monoisotopic (exact) mass is 480 g/mol. The molecule has 0 saturated carbocycles. The van der Waals surface area contributed by atoms with E-state index in [2.05, 4.69) is 146 Å². The maximum atomic E-state index is 2.42. The van der Waals surface area contributed by atoms with Crippen molar-refractivity contribution in [3.8, 4) is 22.3 Å². The lowest BCUT2D eigenvalue weighted by atomic mass is 9.84. The zero-order valence-electron chi connectivity index (χ0n) is 20.9. The van der Waals surface area contributed by atoms with Gasteiger partial charge in [0.25, 0.3) is 0 Å². The predicted molar refractivity (Wildman–Crippen MR) is 165 cm³/mol. The van der Waals surface area contributed by atoms with Gasteiger partial charge in [-0.3, -0.25) is 0 Å². The summed E-state index contributed by atoms with van der Waals surface area (Å²) >= 11 is 0. The Labute approximate surface area is 221 Å². The first-order valence-electron chi connectivity index (χ1n) is 13.2. The summed E-state index contributed by atoms with van der Waals surface area (Å²) in [6, 6.07) is 53.4. The van der Waals surface area contributed by atoms with Gasteiger partial charge in [0.1, 0.15) is 0 Å². The molecule has 0 spiro atoms. The molecule has 0 saturated heterocycles. The Kier molecular flexibility index (Phi) is 4.62. The van der Waals surface area contributed by atoms with Crippen molar-refractivity contribution in [2.24, 2.45) is 0 Å². The molecule has 0 N–H and O–H groups in total. The molecule has 0 unspecified atom stereocenters. The molecule has 0 aliphatic rings. The van der Waals surface area contributed by atoms with E-state index < -0.39 is 0 Å². The largest absolute Gasteiger partial charge is 0.0622 e. The third-order valence-corrected chi connectivity index (χ3v) is 7.93. The highest BCUT2D eigenvalue weighted by Crippen LogP contribution is 2.46. The van der Waals surface area contributed by atoms with E-state index in [4.69, 9.17) is 0 Å². The summed E-state index contributed by atoms with van der Waals surface area (Å²) < 4.78 is 0. The molecule has 0 nitrogen and oxygen atoms in total. The molecule has 0 bridgehead atoms. The van der Waals surface area contributed by atoms with Crippen LogP contribution in [0.1, 0.15) is 0 Å². The van der Waals surface area contributed by atoms with Crippen LogP contribution in [0.25, 0.3) is 76.1 Å². The number of rotatable bonds is 2. The first kappa shape index (κ1) is 21.2. The van der Waals surface area contributed by atoms with Gasteiger partial charge in [0.2, 0.25) is 0 Å². The van der Waals surface area contributed by atoms with Crippen LogP contribution in [0.3, 0.4) is 0 Å². The molecule has 0 aliphatic carbocycles. The highest BCUT2D eigenvalue weighted by Gasteiger charge is 2.18. The van der Waals surface area contributed by atoms with Gasteiger partial charge in [0.15, 0.2) is 0 Å². The molecule has 0 fully saturated rings. The summed E-state index contributed by atoms with van der Waals surface area (Å²) in [6.07, 6.45) is 0. The van der Waals surface area contributed by atoms with Crippen LogP contribution >= 0.6 is 0 Å². The number of fused-ring (bicyclic) bond motifs is 5. The van der Waals surface area contributed by atoms with E-state index in [1.165, 1.54) is 76.1 Å². The Hall–Kier alpha value is -4.94. The van der Waals surface area contributed by atoms with Gasteiger partial charge in [-0.1, -0.05) is 109 Å². The van der Waals surface area contributed by atoms with Crippen LogP contribution in [0, 0.1) is 0 Å². The van der Waals surface area contributed by atoms with Crippen molar-refractivity contribution in [2.45, 2.75) is 0 Å². The quantitative estimate of drug-likeness (QED) is 0.216. The maximum Gasteiger partial charge on any atom is -0.00259 e. The standard InChI is InChI=1S/C38H24/c1-3-11-25(12-4-1)37-33-21-29-17-9-10-18-30(29)22-34(33)38(26-13-5-2-6-14-26)36-24-32-20-28-16-8-7-15-27(28)19-31(32)23-35(36)37/h1-24H. The smallest absolute Gasteiger partial charge is 0.00259 e. The third-order valence-electron chi connectivity index (χ3n) is 7.93. The molecule has 0 aromatic heterocycles. The van der Waals surface area contributed by atoms with Crippen molar-refractivity contribution in [3.63, 3.8) is 0 Å². The first-order valence-corrected chi connectivity index (χ1v) is 13.2. The molecular weight excluding hydrogens is 456 g/mol. The third kappa shape index (κ3) is 3.24. The lowest BCUT2D eigenvalue weighted by Gasteiger charge is -2.19. The van der Waals surface area contributed by atoms with E-state index in [-0.39, 0.29) is 0 Å². The van der Waals surface area contributed by atoms with Crippen molar-refractivity contribution < 1.29 is 0 Å². The van der Waals surface area contributed by atoms with Gasteiger partial charge < -0.3 is 0 Å². The average molecular weight is 481 g/mol. The van der Waals surface area contributed by atoms with Gasteiger partial charge in [-0.25, -0.2) is 0 Å². The van der Waals surface area contributed by atoms with Crippen molar-refractivity contribution in [2.75, 3.05) is 0 Å². The summed E-state index contributed by atoms with van der Waals surface area (Å²) in [5, 5.41) is 12.8. The minimum Gasteiger partial charge on any atom is -0.0622 e. The van der Waals surface area contributed by atoms with Gasteiger partial charge in [-0.15, -0.1) is 0 Å². The first-order chi connectivity index (χ1) is 18.8. The predicted octanol–water partition coefficient (Wildman–Crippen LogP) is 10.8. The summed E-state index contributed by atoms with van der Waals surface area (Å²) in [5.41, 5.74) is 5.10. The van der Waals surface area contributed by atoms with Gasteiger partial charge in [0, 0.05) is 0 Å². The van der Waals surface area contributed by atoms with E-state index in [0.717, 1.165) is 0 Å². The molecule has 38 heavy (non-hydrogen) atoms. The van der Waals surface area contributed by atoms with Crippen LogP contribution in [-0.2, 0) is 0 Å². The fraction of sp³-hybridized carbons (Fsp3) is 0. The van der Waals surface area contributed by atoms with Crippen molar-refractivity contribution >= 4 is 53.9 Å². The molecule has 0 aliphatic heterocycles. The highest BCUT2D eigenvalue weighted by molar-refractivity contribution is 6.25. The lowest BCUT2D eigenvalue weighted by molar-refractivity contribution is 1.66.